The molecule has 1 aliphatic heterocycles. The van der Waals surface area contributed by atoms with E-state index >= 15 is 0 Å². The monoisotopic (exact) mass is 372 g/mol. The third-order valence-electron chi connectivity index (χ3n) is 3.70. The van der Waals surface area contributed by atoms with Crippen LogP contribution in [-0.2, 0) is 23.7 Å². The van der Waals surface area contributed by atoms with Crippen molar-refractivity contribution in [1.82, 2.24) is 0 Å². The number of methoxy groups -OCH3 is 2. The highest BCUT2D eigenvalue weighted by molar-refractivity contribution is 4.91. The molecule has 25 heavy (non-hydrogen) atoms. The number of hydrogen-bond donors (Lipinski definition) is 6. The van der Waals surface area contributed by atoms with Crippen LogP contribution >= 0.6 is 0 Å². The highest BCUT2D eigenvalue weighted by Crippen LogP contribution is 2.26. The average Bonchev–Trinajstić information content (AvgIpc) is 2.57. The minimum Gasteiger partial charge on any atom is -0.394 e. The third kappa shape index (κ3) is 6.05. The molecule has 1 heterocycles. The van der Waals surface area contributed by atoms with E-state index in [0.717, 1.165) is 0 Å². The van der Waals surface area contributed by atoms with Crippen LogP contribution in [-0.4, -0.2) is 114 Å². The van der Waals surface area contributed by atoms with E-state index in [0.29, 0.717) is 0 Å². The second-order valence-electron chi connectivity index (χ2n) is 5.72. The molecule has 0 aliphatic carbocycles. The quantitative estimate of drug-likeness (QED) is 0.211. The topological polar surface area (TPSA) is 168 Å². The lowest BCUT2D eigenvalue weighted by Gasteiger charge is -2.43. The van der Waals surface area contributed by atoms with E-state index in [9.17, 15) is 30.6 Å². The molecular formula is C14H28O11. The smallest absolute Gasteiger partial charge is 0.189 e. The Bertz CT molecular complexity index is 367. The van der Waals surface area contributed by atoms with Crippen molar-refractivity contribution in [1.29, 1.82) is 0 Å². The van der Waals surface area contributed by atoms with Gasteiger partial charge in [-0.2, -0.15) is 0 Å². The van der Waals surface area contributed by atoms with Crippen molar-refractivity contribution in [3.8, 4) is 0 Å². The molecule has 0 saturated carbocycles. The van der Waals surface area contributed by atoms with Crippen molar-refractivity contribution < 1.29 is 54.3 Å². The first-order valence-electron chi connectivity index (χ1n) is 7.76. The van der Waals surface area contributed by atoms with E-state index < -0.39 is 62.1 Å². The minimum absolute atomic E-state index is 0.121. The SMILES string of the molecule is COCC(C)OC(OC1C(CO)OC(OC)C(O)C1O)C(O)C(O)O. The minimum atomic E-state index is -2.19. The van der Waals surface area contributed by atoms with Gasteiger partial charge in [0.2, 0.25) is 0 Å². The largest absolute Gasteiger partial charge is 0.394 e. The van der Waals surface area contributed by atoms with Gasteiger partial charge in [-0.25, -0.2) is 0 Å². The first-order chi connectivity index (χ1) is 11.8. The Balaban J connectivity index is 2.91. The Labute approximate surface area is 145 Å². The van der Waals surface area contributed by atoms with E-state index in [-0.39, 0.29) is 6.61 Å². The van der Waals surface area contributed by atoms with Crippen molar-refractivity contribution in [2.45, 2.75) is 62.4 Å². The summed E-state index contributed by atoms with van der Waals surface area (Å²) in [4.78, 5) is 0. The zero-order valence-corrected chi connectivity index (χ0v) is 14.3. The molecule has 0 radical (unpaired) electrons. The first-order valence-corrected chi connectivity index (χ1v) is 7.76. The molecule has 8 unspecified atom stereocenters. The fraction of sp³-hybridized carbons (Fsp3) is 1.00. The Morgan fingerprint density at radius 2 is 1.72 bits per heavy atom. The number of rotatable bonds is 10. The van der Waals surface area contributed by atoms with Gasteiger partial charge in [-0.3, -0.25) is 0 Å². The van der Waals surface area contributed by atoms with Crippen molar-refractivity contribution in [2.24, 2.45) is 0 Å². The van der Waals surface area contributed by atoms with Gasteiger partial charge in [-0.05, 0) is 6.92 Å². The zero-order valence-electron chi connectivity index (χ0n) is 14.3. The molecule has 1 fully saturated rings. The van der Waals surface area contributed by atoms with Gasteiger partial charge in [-0.15, -0.1) is 0 Å². The van der Waals surface area contributed by atoms with Crippen LogP contribution in [0.3, 0.4) is 0 Å². The standard InChI is InChI=1S/C14H28O11/c1-6(5-21-2)23-14(10(18)12(19)20)25-11-7(4-15)24-13(22-3)9(17)8(11)16/h6-20H,4-5H2,1-3H3. The van der Waals surface area contributed by atoms with Crippen molar-refractivity contribution in [3.63, 3.8) is 0 Å². The van der Waals surface area contributed by atoms with E-state index in [1.165, 1.54) is 14.2 Å². The van der Waals surface area contributed by atoms with Crippen LogP contribution in [0, 0.1) is 0 Å². The molecule has 1 saturated heterocycles. The zero-order chi connectivity index (χ0) is 19.1. The lowest BCUT2D eigenvalue weighted by atomic mass is 9.99. The van der Waals surface area contributed by atoms with Crippen LogP contribution in [0.15, 0.2) is 0 Å². The molecule has 0 aromatic carbocycles. The van der Waals surface area contributed by atoms with Crippen LogP contribution in [0.1, 0.15) is 6.92 Å². The molecule has 1 aliphatic rings. The molecule has 8 atom stereocenters. The summed E-state index contributed by atoms with van der Waals surface area (Å²) in [5.74, 6) is 0. The maximum atomic E-state index is 10.2. The molecular weight excluding hydrogens is 344 g/mol. The summed E-state index contributed by atoms with van der Waals surface area (Å²) >= 11 is 0. The van der Waals surface area contributed by atoms with Crippen LogP contribution in [0.2, 0.25) is 0 Å². The highest BCUT2D eigenvalue weighted by atomic mass is 16.7. The van der Waals surface area contributed by atoms with Crippen molar-refractivity contribution in [2.75, 3.05) is 27.4 Å². The van der Waals surface area contributed by atoms with Crippen LogP contribution in [0.4, 0.5) is 0 Å². The molecule has 6 N–H and O–H groups in total. The number of ether oxygens (including phenoxy) is 5. The maximum absolute atomic E-state index is 10.2. The number of aliphatic hydroxyl groups is 6. The van der Waals surface area contributed by atoms with Gasteiger partial charge >= 0.3 is 0 Å². The first kappa shape index (κ1) is 22.6. The molecule has 150 valence electrons. The summed E-state index contributed by atoms with van der Waals surface area (Å²) in [6.07, 6.45) is -13.0. The average molecular weight is 372 g/mol. The second kappa shape index (κ2) is 10.6. The Hall–Kier alpha value is -0.440. The molecule has 0 spiro atoms. The summed E-state index contributed by atoms with van der Waals surface area (Å²) in [6, 6.07) is 0. The van der Waals surface area contributed by atoms with E-state index in [1.54, 1.807) is 6.92 Å². The van der Waals surface area contributed by atoms with Gasteiger partial charge in [0.25, 0.3) is 0 Å². The summed E-state index contributed by atoms with van der Waals surface area (Å²) < 4.78 is 25.8. The van der Waals surface area contributed by atoms with Gasteiger partial charge < -0.3 is 54.3 Å². The van der Waals surface area contributed by atoms with Crippen molar-refractivity contribution >= 4 is 0 Å². The molecule has 11 nitrogen and oxygen atoms in total. The Morgan fingerprint density at radius 3 is 2.20 bits per heavy atom. The Kier molecular flexibility index (Phi) is 9.62. The van der Waals surface area contributed by atoms with E-state index in [1.807, 2.05) is 0 Å². The molecule has 0 amide bonds. The number of aliphatic hydroxyl groups excluding tert-OH is 5. The van der Waals surface area contributed by atoms with Crippen LogP contribution < -0.4 is 0 Å². The number of hydrogen-bond acceptors (Lipinski definition) is 11. The van der Waals surface area contributed by atoms with Gasteiger partial charge in [0, 0.05) is 14.2 Å². The normalized spacial score (nSPS) is 34.1. The lowest BCUT2D eigenvalue weighted by molar-refractivity contribution is -0.343. The summed E-state index contributed by atoms with van der Waals surface area (Å²) in [7, 11) is 2.68. The predicted octanol–water partition coefficient (Wildman–Crippen LogP) is -3.49. The fourth-order valence-corrected chi connectivity index (χ4v) is 2.41. The van der Waals surface area contributed by atoms with E-state index in [2.05, 4.69) is 0 Å². The maximum Gasteiger partial charge on any atom is 0.189 e. The van der Waals surface area contributed by atoms with Gasteiger partial charge in [0.05, 0.1) is 19.3 Å². The Morgan fingerprint density at radius 1 is 1.08 bits per heavy atom. The van der Waals surface area contributed by atoms with Crippen molar-refractivity contribution in [3.05, 3.63) is 0 Å². The van der Waals surface area contributed by atoms with Gasteiger partial charge in [0.1, 0.15) is 24.4 Å². The molecule has 1 rings (SSSR count). The van der Waals surface area contributed by atoms with Crippen LogP contribution in [0.5, 0.6) is 0 Å². The fourth-order valence-electron chi connectivity index (χ4n) is 2.41. The lowest BCUT2D eigenvalue weighted by Crippen LogP contribution is -2.61. The summed E-state index contributed by atoms with van der Waals surface area (Å²) in [6.45, 7) is 1.12. The molecule has 0 aromatic rings. The molecule has 0 bridgehead atoms. The van der Waals surface area contributed by atoms with Gasteiger partial charge in [0.15, 0.2) is 25.0 Å². The molecule has 0 aromatic heterocycles. The van der Waals surface area contributed by atoms with Gasteiger partial charge in [-0.1, -0.05) is 0 Å². The second-order valence-corrected chi connectivity index (χ2v) is 5.72. The summed E-state index contributed by atoms with van der Waals surface area (Å²) in [5, 5.41) is 57.9. The van der Waals surface area contributed by atoms with E-state index in [4.69, 9.17) is 23.7 Å². The summed E-state index contributed by atoms with van der Waals surface area (Å²) in [5.41, 5.74) is 0. The highest BCUT2D eigenvalue weighted by Gasteiger charge is 2.47. The molecule has 11 heteroatoms. The third-order valence-corrected chi connectivity index (χ3v) is 3.70. The van der Waals surface area contributed by atoms with Crippen LogP contribution in [0.25, 0.3) is 0 Å². The predicted molar refractivity (Wildman–Crippen MR) is 80.1 cm³/mol.